The van der Waals surface area contributed by atoms with Gasteiger partial charge in [0, 0.05) is 25.2 Å². The van der Waals surface area contributed by atoms with Crippen LogP contribution < -0.4 is 5.32 Å². The third kappa shape index (κ3) is 1.89. The molecule has 16 heavy (non-hydrogen) atoms. The summed E-state index contributed by atoms with van der Waals surface area (Å²) in [4.78, 5) is 12.5. The van der Waals surface area contributed by atoms with Gasteiger partial charge in [-0.1, -0.05) is 13.3 Å². The summed E-state index contributed by atoms with van der Waals surface area (Å²) in [6, 6.07) is 0. The van der Waals surface area contributed by atoms with Crippen molar-refractivity contribution in [2.75, 3.05) is 13.1 Å². The Hall–Kier alpha value is -1.16. The van der Waals surface area contributed by atoms with Gasteiger partial charge in [-0.2, -0.15) is 5.10 Å². The fraction of sp³-hybridized carbons (Fsp3) is 0.667. The van der Waals surface area contributed by atoms with E-state index in [2.05, 4.69) is 17.3 Å². The lowest BCUT2D eigenvalue weighted by atomic mass is 9.76. The molecule has 2 rings (SSSR count). The minimum Gasteiger partial charge on any atom is -0.316 e. The number of aryl methyl sites for hydroxylation is 1. The number of Topliss-reactive ketones (excluding diaryl/α,β-unsaturated/α-hetero) is 1. The number of nitrogens with one attached hydrogen (secondary N) is 1. The van der Waals surface area contributed by atoms with Crippen LogP contribution in [0.15, 0.2) is 12.4 Å². The Morgan fingerprint density at radius 3 is 3.00 bits per heavy atom. The number of hydrogen-bond acceptors (Lipinski definition) is 3. The molecular weight excluding hydrogens is 202 g/mol. The lowest BCUT2D eigenvalue weighted by molar-refractivity contribution is 0.0801. The summed E-state index contributed by atoms with van der Waals surface area (Å²) in [6.45, 7) is 3.90. The zero-order valence-electron chi connectivity index (χ0n) is 9.99. The van der Waals surface area contributed by atoms with E-state index >= 15 is 0 Å². The van der Waals surface area contributed by atoms with Crippen molar-refractivity contribution < 1.29 is 4.79 Å². The minimum atomic E-state index is -0.183. The van der Waals surface area contributed by atoms with Crippen LogP contribution in [0.2, 0.25) is 0 Å². The lowest BCUT2D eigenvalue weighted by Crippen LogP contribution is -2.33. The molecule has 0 bridgehead atoms. The number of nitrogens with zero attached hydrogens (tertiary/aromatic N) is 2. The van der Waals surface area contributed by atoms with Crippen LogP contribution in [0.5, 0.6) is 0 Å². The van der Waals surface area contributed by atoms with Gasteiger partial charge >= 0.3 is 0 Å². The number of carbonyl (C=O) groups is 1. The molecule has 0 saturated carbocycles. The number of hydrogen-bond donors (Lipinski definition) is 1. The van der Waals surface area contributed by atoms with Crippen molar-refractivity contribution in [1.29, 1.82) is 0 Å². The molecular formula is C12H19N3O. The highest BCUT2D eigenvalue weighted by atomic mass is 16.1. The maximum Gasteiger partial charge on any atom is 0.173 e. The smallest absolute Gasteiger partial charge is 0.173 e. The Kier molecular flexibility index (Phi) is 3.10. The Morgan fingerprint density at radius 2 is 2.50 bits per heavy atom. The Morgan fingerprint density at radius 1 is 1.69 bits per heavy atom. The van der Waals surface area contributed by atoms with E-state index in [1.165, 1.54) is 0 Å². The topological polar surface area (TPSA) is 46.9 Å². The van der Waals surface area contributed by atoms with E-state index in [0.717, 1.165) is 37.9 Å². The molecule has 1 aromatic heterocycles. The van der Waals surface area contributed by atoms with E-state index in [-0.39, 0.29) is 11.2 Å². The first-order chi connectivity index (χ1) is 7.68. The van der Waals surface area contributed by atoms with Crippen LogP contribution in [0.3, 0.4) is 0 Å². The Labute approximate surface area is 96.0 Å². The summed E-state index contributed by atoms with van der Waals surface area (Å²) in [7, 11) is 1.84. The van der Waals surface area contributed by atoms with Crippen LogP contribution in [0, 0.1) is 5.41 Å². The third-order valence-electron chi connectivity index (χ3n) is 3.42. The van der Waals surface area contributed by atoms with Gasteiger partial charge < -0.3 is 5.32 Å². The normalized spacial score (nSPS) is 24.9. The second-order valence-corrected chi connectivity index (χ2v) is 4.69. The average molecular weight is 221 g/mol. The molecule has 4 nitrogen and oxygen atoms in total. The molecule has 0 spiro atoms. The van der Waals surface area contributed by atoms with Crippen molar-refractivity contribution in [1.82, 2.24) is 15.1 Å². The largest absolute Gasteiger partial charge is 0.316 e. The molecule has 2 heterocycles. The number of carbonyl (C=O) groups excluding carboxylic acids is 1. The summed E-state index contributed by atoms with van der Waals surface area (Å²) >= 11 is 0. The van der Waals surface area contributed by atoms with E-state index in [1.807, 2.05) is 13.2 Å². The second-order valence-electron chi connectivity index (χ2n) is 4.69. The summed E-state index contributed by atoms with van der Waals surface area (Å²) in [5.41, 5.74) is 0.567. The minimum absolute atomic E-state index is 0.183. The van der Waals surface area contributed by atoms with Gasteiger partial charge in [0.25, 0.3) is 0 Å². The molecule has 1 fully saturated rings. The molecule has 88 valence electrons. The highest BCUT2D eigenvalue weighted by Crippen LogP contribution is 2.34. The van der Waals surface area contributed by atoms with Crippen molar-refractivity contribution in [3.05, 3.63) is 18.0 Å². The molecule has 1 saturated heterocycles. The highest BCUT2D eigenvalue weighted by molar-refractivity contribution is 6.00. The third-order valence-corrected chi connectivity index (χ3v) is 3.42. The first kappa shape index (κ1) is 11.3. The van der Waals surface area contributed by atoms with Gasteiger partial charge in [-0.3, -0.25) is 9.48 Å². The molecule has 1 aliphatic heterocycles. The van der Waals surface area contributed by atoms with Gasteiger partial charge in [-0.05, 0) is 19.4 Å². The van der Waals surface area contributed by atoms with Crippen molar-refractivity contribution >= 4 is 5.78 Å². The molecule has 1 N–H and O–H groups in total. The molecule has 0 amide bonds. The summed E-state index contributed by atoms with van der Waals surface area (Å²) in [5, 5.41) is 7.38. The van der Waals surface area contributed by atoms with Crippen molar-refractivity contribution in [3.8, 4) is 0 Å². The quantitative estimate of drug-likeness (QED) is 0.781. The molecule has 1 unspecified atom stereocenters. The first-order valence-electron chi connectivity index (χ1n) is 5.92. The Bertz CT molecular complexity index is 377. The zero-order valence-corrected chi connectivity index (χ0v) is 9.99. The number of ketones is 1. The summed E-state index contributed by atoms with van der Waals surface area (Å²) in [5.74, 6) is 0.257. The molecule has 1 aliphatic rings. The van der Waals surface area contributed by atoms with Crippen LogP contribution in [-0.2, 0) is 7.05 Å². The highest BCUT2D eigenvalue weighted by Gasteiger charge is 2.40. The molecule has 4 heteroatoms. The van der Waals surface area contributed by atoms with Gasteiger partial charge in [-0.15, -0.1) is 0 Å². The predicted molar refractivity (Wildman–Crippen MR) is 62.4 cm³/mol. The second kappa shape index (κ2) is 4.37. The number of aromatic nitrogens is 2. The van der Waals surface area contributed by atoms with Crippen LogP contribution >= 0.6 is 0 Å². The average Bonchev–Trinajstić information content (AvgIpc) is 2.87. The SMILES string of the molecule is CCCC1(C(=O)c2cnn(C)c2)CCNC1. The van der Waals surface area contributed by atoms with E-state index in [9.17, 15) is 4.79 Å². The van der Waals surface area contributed by atoms with Gasteiger partial charge in [0.15, 0.2) is 5.78 Å². The summed E-state index contributed by atoms with van der Waals surface area (Å²) in [6.07, 6.45) is 6.46. The van der Waals surface area contributed by atoms with E-state index in [1.54, 1.807) is 10.9 Å². The van der Waals surface area contributed by atoms with E-state index in [0.29, 0.717) is 0 Å². The first-order valence-corrected chi connectivity index (χ1v) is 5.92. The summed E-state index contributed by atoms with van der Waals surface area (Å²) < 4.78 is 1.69. The monoisotopic (exact) mass is 221 g/mol. The lowest BCUT2D eigenvalue weighted by Gasteiger charge is -2.25. The number of rotatable bonds is 4. The van der Waals surface area contributed by atoms with Crippen LogP contribution in [-0.4, -0.2) is 28.7 Å². The van der Waals surface area contributed by atoms with E-state index in [4.69, 9.17) is 0 Å². The maximum absolute atomic E-state index is 12.5. The van der Waals surface area contributed by atoms with Gasteiger partial charge in [0.1, 0.15) is 0 Å². The van der Waals surface area contributed by atoms with E-state index < -0.39 is 0 Å². The predicted octanol–water partition coefficient (Wildman–Crippen LogP) is 1.38. The van der Waals surface area contributed by atoms with Crippen molar-refractivity contribution in [3.63, 3.8) is 0 Å². The van der Waals surface area contributed by atoms with Crippen LogP contribution in [0.25, 0.3) is 0 Å². The van der Waals surface area contributed by atoms with Crippen molar-refractivity contribution in [2.24, 2.45) is 12.5 Å². The van der Waals surface area contributed by atoms with Crippen LogP contribution in [0.1, 0.15) is 36.5 Å². The molecule has 0 aromatic carbocycles. The Balaban J connectivity index is 2.23. The zero-order chi connectivity index (χ0) is 11.6. The van der Waals surface area contributed by atoms with Gasteiger partial charge in [0.05, 0.1) is 11.8 Å². The van der Waals surface area contributed by atoms with Crippen molar-refractivity contribution in [2.45, 2.75) is 26.2 Å². The fourth-order valence-corrected chi connectivity index (χ4v) is 2.59. The maximum atomic E-state index is 12.5. The van der Waals surface area contributed by atoms with Gasteiger partial charge in [-0.25, -0.2) is 0 Å². The van der Waals surface area contributed by atoms with Crippen LogP contribution in [0.4, 0.5) is 0 Å². The van der Waals surface area contributed by atoms with Gasteiger partial charge in [0.2, 0.25) is 0 Å². The molecule has 1 aromatic rings. The molecule has 1 atom stereocenters. The fourth-order valence-electron chi connectivity index (χ4n) is 2.59. The standard InChI is InChI=1S/C12H19N3O/c1-3-4-12(5-6-13-9-12)11(16)10-7-14-15(2)8-10/h7-8,13H,3-6,9H2,1-2H3. The molecule has 0 radical (unpaired) electrons. The molecule has 0 aliphatic carbocycles.